The van der Waals surface area contributed by atoms with Crippen molar-refractivity contribution < 1.29 is 14.4 Å². The summed E-state index contributed by atoms with van der Waals surface area (Å²) in [5.74, 6) is 0.599. The number of hydrogen-bond acceptors (Lipinski definition) is 4. The minimum Gasteiger partial charge on any atom is -0.281 e. The fraction of sp³-hybridized carbons (Fsp3) is 0.560. The molecule has 1 saturated heterocycles. The minimum atomic E-state index is -0.640. The predicted octanol–water partition coefficient (Wildman–Crippen LogP) is 3.49. The molecule has 4 amide bonds. The Bertz CT molecular complexity index is 934. The Labute approximate surface area is 182 Å². The van der Waals surface area contributed by atoms with Crippen LogP contribution in [0.15, 0.2) is 36.4 Å². The Balaban J connectivity index is 1.18. The lowest BCUT2D eigenvalue weighted by molar-refractivity contribution is -0.150. The maximum absolute atomic E-state index is 13.4. The molecule has 6 aliphatic rings. The molecule has 2 aliphatic heterocycles. The molecule has 0 N–H and O–H groups in total. The number of carbonyl (C=O) groups excluding carboxylic acids is 3. The van der Waals surface area contributed by atoms with Gasteiger partial charge in [-0.25, -0.2) is 14.6 Å². The summed E-state index contributed by atoms with van der Waals surface area (Å²) in [6.07, 6.45) is 9.42. The number of amides is 4. The number of nitrogens with zero attached hydrogens (tertiary/aromatic N) is 3. The van der Waals surface area contributed by atoms with Crippen LogP contribution in [0.25, 0.3) is 5.57 Å². The molecule has 4 aliphatic carbocycles. The molecular weight excluding hydrogens is 390 g/mol. The zero-order valence-electron chi connectivity index (χ0n) is 17.8. The summed E-state index contributed by atoms with van der Waals surface area (Å²) in [5.41, 5.74) is 2.11. The van der Waals surface area contributed by atoms with Gasteiger partial charge in [0.1, 0.15) is 0 Å². The van der Waals surface area contributed by atoms with Crippen molar-refractivity contribution in [3.8, 4) is 0 Å². The van der Waals surface area contributed by atoms with E-state index in [1.54, 1.807) is 0 Å². The number of urea groups is 1. The summed E-state index contributed by atoms with van der Waals surface area (Å²) in [6.45, 7) is 1.64. The third kappa shape index (κ3) is 3.06. The van der Waals surface area contributed by atoms with Crippen LogP contribution in [0.2, 0.25) is 0 Å². The highest BCUT2D eigenvalue weighted by atomic mass is 16.2. The lowest BCUT2D eigenvalue weighted by atomic mass is 9.52. The van der Waals surface area contributed by atoms with Crippen LogP contribution in [0, 0.1) is 17.8 Å². The van der Waals surface area contributed by atoms with Crippen LogP contribution in [-0.2, 0) is 9.59 Å². The van der Waals surface area contributed by atoms with Crippen molar-refractivity contribution in [2.24, 2.45) is 17.8 Å². The summed E-state index contributed by atoms with van der Waals surface area (Å²) in [5, 5.41) is 0. The second kappa shape index (κ2) is 7.02. The highest BCUT2D eigenvalue weighted by molar-refractivity contribution is 6.44. The summed E-state index contributed by atoms with van der Waals surface area (Å²) in [4.78, 5) is 43.9. The van der Waals surface area contributed by atoms with Crippen molar-refractivity contribution in [3.63, 3.8) is 0 Å². The SMILES string of the molecule is O=C1C(=O)N(C23CC4CC(CC(C4)C2)C3)C(=O)N1CN1CC=C(c2ccccc2)CC1. The van der Waals surface area contributed by atoms with E-state index < -0.39 is 17.4 Å². The number of imide groups is 2. The quantitative estimate of drug-likeness (QED) is 0.554. The van der Waals surface area contributed by atoms with Gasteiger partial charge in [-0.2, -0.15) is 0 Å². The molecule has 0 atom stereocenters. The van der Waals surface area contributed by atoms with Gasteiger partial charge in [0.2, 0.25) is 0 Å². The van der Waals surface area contributed by atoms with E-state index in [4.69, 9.17) is 0 Å². The van der Waals surface area contributed by atoms with Crippen molar-refractivity contribution in [1.29, 1.82) is 0 Å². The second-order valence-electron chi connectivity index (χ2n) is 10.4. The van der Waals surface area contributed by atoms with Gasteiger partial charge < -0.3 is 0 Å². The van der Waals surface area contributed by atoms with Gasteiger partial charge in [-0.3, -0.25) is 14.5 Å². The molecule has 1 aromatic rings. The second-order valence-corrected chi connectivity index (χ2v) is 10.4. The average molecular weight is 420 g/mol. The van der Waals surface area contributed by atoms with Crippen molar-refractivity contribution >= 4 is 23.4 Å². The first kappa shape index (κ1) is 19.2. The van der Waals surface area contributed by atoms with Crippen LogP contribution < -0.4 is 0 Å². The third-order valence-corrected chi connectivity index (χ3v) is 8.31. The summed E-state index contributed by atoms with van der Waals surface area (Å²) in [7, 11) is 0. The van der Waals surface area contributed by atoms with Crippen LogP contribution >= 0.6 is 0 Å². The Kier molecular flexibility index (Phi) is 4.36. The average Bonchev–Trinajstić information content (AvgIpc) is 2.97. The maximum Gasteiger partial charge on any atom is 0.335 e. The molecule has 6 nitrogen and oxygen atoms in total. The van der Waals surface area contributed by atoms with Gasteiger partial charge in [-0.1, -0.05) is 36.4 Å². The van der Waals surface area contributed by atoms with Crippen molar-refractivity contribution in [3.05, 3.63) is 42.0 Å². The zero-order valence-corrected chi connectivity index (χ0v) is 17.8. The van der Waals surface area contributed by atoms with Gasteiger partial charge in [0.15, 0.2) is 0 Å². The Hall–Kier alpha value is -2.47. The fourth-order valence-corrected chi connectivity index (χ4v) is 7.34. The molecule has 2 heterocycles. The first-order valence-electron chi connectivity index (χ1n) is 11.7. The number of carbonyl (C=O) groups is 3. The molecule has 4 bridgehead atoms. The molecular formula is C25H29N3O3. The Morgan fingerprint density at radius 3 is 2.10 bits per heavy atom. The molecule has 0 spiro atoms. The van der Waals surface area contributed by atoms with Crippen LogP contribution in [0.1, 0.15) is 50.5 Å². The highest BCUT2D eigenvalue weighted by Crippen LogP contribution is 2.58. The Morgan fingerprint density at radius 1 is 0.871 bits per heavy atom. The van der Waals surface area contributed by atoms with Crippen LogP contribution in [0.5, 0.6) is 0 Å². The largest absolute Gasteiger partial charge is 0.335 e. The van der Waals surface area contributed by atoms with E-state index >= 15 is 0 Å². The predicted molar refractivity (Wildman–Crippen MR) is 115 cm³/mol. The van der Waals surface area contributed by atoms with E-state index in [-0.39, 0.29) is 12.7 Å². The van der Waals surface area contributed by atoms with Crippen molar-refractivity contribution in [1.82, 2.24) is 14.7 Å². The number of hydrogen-bond donors (Lipinski definition) is 0. The standard InChI is InChI=1S/C25H29N3O3/c29-22-23(30)28(25-13-17-10-18(14-25)12-19(11-17)15-25)24(31)27(22)16-26-8-6-21(7-9-26)20-4-2-1-3-5-20/h1-6,17-19H,7-16H2. The molecule has 0 aromatic heterocycles. The molecule has 4 saturated carbocycles. The third-order valence-electron chi connectivity index (χ3n) is 8.31. The van der Waals surface area contributed by atoms with E-state index in [2.05, 4.69) is 23.1 Å². The van der Waals surface area contributed by atoms with Gasteiger partial charge in [-0.05, 0) is 73.8 Å². The molecule has 31 heavy (non-hydrogen) atoms. The summed E-state index contributed by atoms with van der Waals surface area (Å²) in [6, 6.07) is 9.92. The number of rotatable bonds is 4. The monoisotopic (exact) mass is 419 g/mol. The van der Waals surface area contributed by atoms with E-state index in [1.165, 1.54) is 40.2 Å². The maximum atomic E-state index is 13.4. The highest BCUT2D eigenvalue weighted by Gasteiger charge is 2.61. The number of benzene rings is 1. The van der Waals surface area contributed by atoms with E-state index in [0.717, 1.165) is 32.2 Å². The lowest BCUT2D eigenvalue weighted by Crippen LogP contribution is -2.62. The van der Waals surface area contributed by atoms with Gasteiger partial charge in [-0.15, -0.1) is 0 Å². The molecule has 0 radical (unpaired) electrons. The fourth-order valence-electron chi connectivity index (χ4n) is 7.34. The summed E-state index contributed by atoms with van der Waals surface area (Å²) >= 11 is 0. The molecule has 5 fully saturated rings. The van der Waals surface area contributed by atoms with Crippen LogP contribution in [-0.4, -0.2) is 57.8 Å². The molecule has 6 heteroatoms. The van der Waals surface area contributed by atoms with Crippen molar-refractivity contribution in [2.75, 3.05) is 19.8 Å². The van der Waals surface area contributed by atoms with Gasteiger partial charge >= 0.3 is 17.8 Å². The van der Waals surface area contributed by atoms with Gasteiger partial charge in [0.05, 0.1) is 12.2 Å². The van der Waals surface area contributed by atoms with Crippen LogP contribution in [0.3, 0.4) is 0 Å². The van der Waals surface area contributed by atoms with E-state index in [1.807, 2.05) is 18.2 Å². The van der Waals surface area contributed by atoms with E-state index in [9.17, 15) is 14.4 Å². The molecule has 162 valence electrons. The van der Waals surface area contributed by atoms with Crippen molar-refractivity contribution in [2.45, 2.75) is 50.5 Å². The van der Waals surface area contributed by atoms with E-state index in [0.29, 0.717) is 24.3 Å². The summed E-state index contributed by atoms with van der Waals surface area (Å²) < 4.78 is 0. The zero-order chi connectivity index (χ0) is 21.2. The Morgan fingerprint density at radius 2 is 1.52 bits per heavy atom. The normalized spacial score (nSPS) is 35.3. The molecule has 0 unspecified atom stereocenters. The smallest absolute Gasteiger partial charge is 0.281 e. The lowest BCUT2D eigenvalue weighted by Gasteiger charge is -2.58. The molecule has 1 aromatic carbocycles. The molecule has 7 rings (SSSR count). The van der Waals surface area contributed by atoms with Gasteiger partial charge in [0, 0.05) is 13.1 Å². The topological polar surface area (TPSA) is 60.9 Å². The minimum absolute atomic E-state index is 0.199. The van der Waals surface area contributed by atoms with Crippen LogP contribution in [0.4, 0.5) is 4.79 Å². The first-order valence-corrected chi connectivity index (χ1v) is 11.7. The van der Waals surface area contributed by atoms with Gasteiger partial charge in [0.25, 0.3) is 0 Å². The first-order chi connectivity index (χ1) is 15.0.